The van der Waals surface area contributed by atoms with Gasteiger partial charge in [0.25, 0.3) is 0 Å². The molecule has 15 heavy (non-hydrogen) atoms. The van der Waals surface area contributed by atoms with Gasteiger partial charge in [0.2, 0.25) is 0 Å². The first kappa shape index (κ1) is 12.0. The van der Waals surface area contributed by atoms with E-state index in [4.69, 9.17) is 0 Å². The van der Waals surface area contributed by atoms with Crippen LogP contribution in [0.3, 0.4) is 0 Å². The highest BCUT2D eigenvalue weighted by atomic mass is 15.0. The Labute approximate surface area is 92.3 Å². The third-order valence-corrected chi connectivity index (χ3v) is 2.45. The van der Waals surface area contributed by atoms with Crippen molar-refractivity contribution in [2.45, 2.75) is 52.0 Å². The van der Waals surface area contributed by atoms with Crippen LogP contribution in [0, 0.1) is 0 Å². The van der Waals surface area contributed by atoms with E-state index in [-0.39, 0.29) is 0 Å². The van der Waals surface area contributed by atoms with E-state index in [2.05, 4.69) is 29.1 Å². The van der Waals surface area contributed by atoms with Crippen LogP contribution in [0.2, 0.25) is 0 Å². The molecule has 0 saturated carbocycles. The smallest absolute Gasteiger partial charge is 0.144 e. The fourth-order valence-corrected chi connectivity index (χ4v) is 1.58. The Bertz CT molecular complexity index is 248. The van der Waals surface area contributed by atoms with Gasteiger partial charge in [0.1, 0.15) is 5.82 Å². The van der Waals surface area contributed by atoms with Crippen molar-refractivity contribution in [1.82, 2.24) is 9.97 Å². The predicted molar refractivity (Wildman–Crippen MR) is 63.9 cm³/mol. The molecule has 1 N–H and O–H groups in total. The Balaban J connectivity index is 2.16. The summed E-state index contributed by atoms with van der Waals surface area (Å²) in [7, 11) is 0. The molecule has 0 aromatic carbocycles. The number of nitrogens with zero attached hydrogens (tertiary/aromatic N) is 2. The highest BCUT2D eigenvalue weighted by Gasteiger charge is 2.01. The summed E-state index contributed by atoms with van der Waals surface area (Å²) in [5.41, 5.74) is 0. The highest BCUT2D eigenvalue weighted by molar-refractivity contribution is 5.30. The average molecular weight is 207 g/mol. The number of hydrogen-bond acceptors (Lipinski definition) is 3. The summed E-state index contributed by atoms with van der Waals surface area (Å²) >= 11 is 0. The van der Waals surface area contributed by atoms with Gasteiger partial charge in [-0.05, 0) is 13.3 Å². The first-order valence-electron chi connectivity index (χ1n) is 5.85. The van der Waals surface area contributed by atoms with E-state index in [0.717, 1.165) is 5.82 Å². The van der Waals surface area contributed by atoms with Crippen LogP contribution in [-0.4, -0.2) is 16.0 Å². The van der Waals surface area contributed by atoms with Crippen molar-refractivity contribution in [2.75, 3.05) is 5.32 Å². The molecule has 3 nitrogen and oxygen atoms in total. The lowest BCUT2D eigenvalue weighted by Crippen LogP contribution is -2.15. The lowest BCUT2D eigenvalue weighted by atomic mass is 10.1. The molecular formula is C12H21N3. The number of hydrogen-bond donors (Lipinski definition) is 1. The maximum atomic E-state index is 4.19. The zero-order chi connectivity index (χ0) is 10.9. The monoisotopic (exact) mass is 207 g/mol. The predicted octanol–water partition coefficient (Wildman–Crippen LogP) is 3.25. The topological polar surface area (TPSA) is 37.8 Å². The summed E-state index contributed by atoms with van der Waals surface area (Å²) in [6.45, 7) is 4.43. The molecule has 0 aliphatic rings. The molecule has 1 rings (SSSR count). The summed E-state index contributed by atoms with van der Waals surface area (Å²) in [5, 5.41) is 3.35. The number of rotatable bonds is 7. The van der Waals surface area contributed by atoms with Crippen molar-refractivity contribution < 1.29 is 0 Å². The summed E-state index contributed by atoms with van der Waals surface area (Å²) in [4.78, 5) is 8.21. The Morgan fingerprint density at radius 1 is 1.27 bits per heavy atom. The van der Waals surface area contributed by atoms with Crippen molar-refractivity contribution in [1.29, 1.82) is 0 Å². The average Bonchev–Trinajstić information content (AvgIpc) is 2.26. The van der Waals surface area contributed by atoms with E-state index in [1.807, 2.05) is 0 Å². The van der Waals surface area contributed by atoms with Crippen LogP contribution in [0.1, 0.15) is 46.0 Å². The number of nitrogens with one attached hydrogen (secondary N) is 1. The van der Waals surface area contributed by atoms with Crippen molar-refractivity contribution >= 4 is 5.82 Å². The summed E-state index contributed by atoms with van der Waals surface area (Å²) in [6.07, 6.45) is 11.7. The second-order valence-electron chi connectivity index (χ2n) is 3.99. The van der Waals surface area contributed by atoms with E-state index in [9.17, 15) is 0 Å². The van der Waals surface area contributed by atoms with Crippen molar-refractivity contribution in [3.8, 4) is 0 Å². The van der Waals surface area contributed by atoms with Gasteiger partial charge in [-0.2, -0.15) is 0 Å². The molecule has 0 aliphatic carbocycles. The molecule has 0 radical (unpaired) electrons. The molecule has 1 aromatic rings. The Morgan fingerprint density at radius 3 is 2.80 bits per heavy atom. The number of unbranched alkanes of at least 4 members (excludes halogenated alkanes) is 3. The molecule has 0 fully saturated rings. The van der Waals surface area contributed by atoms with Crippen molar-refractivity contribution in [3.05, 3.63) is 18.6 Å². The van der Waals surface area contributed by atoms with Gasteiger partial charge in [-0.3, -0.25) is 4.98 Å². The van der Waals surface area contributed by atoms with Crippen LogP contribution in [0.25, 0.3) is 0 Å². The van der Waals surface area contributed by atoms with Crippen LogP contribution in [0.4, 0.5) is 5.82 Å². The molecule has 0 bridgehead atoms. The van der Waals surface area contributed by atoms with Crippen LogP contribution in [0.15, 0.2) is 18.6 Å². The first-order chi connectivity index (χ1) is 7.33. The maximum Gasteiger partial charge on any atom is 0.144 e. The van der Waals surface area contributed by atoms with Gasteiger partial charge in [-0.15, -0.1) is 0 Å². The third-order valence-electron chi connectivity index (χ3n) is 2.45. The number of aromatic nitrogens is 2. The van der Waals surface area contributed by atoms with Crippen molar-refractivity contribution in [2.24, 2.45) is 0 Å². The Hall–Kier alpha value is -1.12. The molecule has 0 saturated heterocycles. The van der Waals surface area contributed by atoms with E-state index >= 15 is 0 Å². The fourth-order valence-electron chi connectivity index (χ4n) is 1.58. The summed E-state index contributed by atoms with van der Waals surface area (Å²) in [6, 6.07) is 0.485. The van der Waals surface area contributed by atoms with Gasteiger partial charge in [0.15, 0.2) is 0 Å². The third kappa shape index (κ3) is 5.35. The van der Waals surface area contributed by atoms with Gasteiger partial charge in [-0.25, -0.2) is 4.98 Å². The molecule has 1 heterocycles. The van der Waals surface area contributed by atoms with Gasteiger partial charge >= 0.3 is 0 Å². The van der Waals surface area contributed by atoms with Crippen LogP contribution in [0.5, 0.6) is 0 Å². The van der Waals surface area contributed by atoms with E-state index in [1.54, 1.807) is 18.6 Å². The minimum atomic E-state index is 0.485. The summed E-state index contributed by atoms with van der Waals surface area (Å²) < 4.78 is 0. The molecule has 1 aromatic heterocycles. The largest absolute Gasteiger partial charge is 0.366 e. The number of anilines is 1. The zero-order valence-corrected chi connectivity index (χ0v) is 9.74. The molecule has 0 aliphatic heterocycles. The quantitative estimate of drug-likeness (QED) is 0.697. The molecule has 0 amide bonds. The van der Waals surface area contributed by atoms with Gasteiger partial charge < -0.3 is 5.32 Å². The minimum Gasteiger partial charge on any atom is -0.366 e. The van der Waals surface area contributed by atoms with Gasteiger partial charge in [0.05, 0.1) is 6.20 Å². The van der Waals surface area contributed by atoms with Gasteiger partial charge in [0, 0.05) is 18.4 Å². The zero-order valence-electron chi connectivity index (χ0n) is 9.74. The van der Waals surface area contributed by atoms with Crippen molar-refractivity contribution in [3.63, 3.8) is 0 Å². The molecule has 1 atom stereocenters. The lowest BCUT2D eigenvalue weighted by molar-refractivity contribution is 0.593. The molecular weight excluding hydrogens is 186 g/mol. The molecule has 3 heteroatoms. The van der Waals surface area contributed by atoms with E-state index in [0.29, 0.717) is 6.04 Å². The Kier molecular flexibility index (Phi) is 5.74. The van der Waals surface area contributed by atoms with E-state index < -0.39 is 0 Å². The second kappa shape index (κ2) is 7.21. The highest BCUT2D eigenvalue weighted by Crippen LogP contribution is 2.09. The molecule has 1 unspecified atom stereocenters. The normalized spacial score (nSPS) is 12.4. The van der Waals surface area contributed by atoms with E-state index in [1.165, 1.54) is 32.1 Å². The standard InChI is InChI=1S/C12H21N3/c1-3-4-5-6-7-11(2)15-12-10-13-8-9-14-12/h8-11H,3-7H2,1-2H3,(H,14,15). The van der Waals surface area contributed by atoms with Crippen LogP contribution in [-0.2, 0) is 0 Å². The Morgan fingerprint density at radius 2 is 2.13 bits per heavy atom. The molecule has 84 valence electrons. The van der Waals surface area contributed by atoms with Crippen LogP contribution < -0.4 is 5.32 Å². The van der Waals surface area contributed by atoms with Gasteiger partial charge in [-0.1, -0.05) is 32.6 Å². The first-order valence-corrected chi connectivity index (χ1v) is 5.85. The summed E-state index contributed by atoms with van der Waals surface area (Å²) in [5.74, 6) is 0.875. The lowest BCUT2D eigenvalue weighted by Gasteiger charge is -2.13. The minimum absolute atomic E-state index is 0.485. The van der Waals surface area contributed by atoms with Crippen LogP contribution >= 0.6 is 0 Å². The fraction of sp³-hybridized carbons (Fsp3) is 0.667. The second-order valence-corrected chi connectivity index (χ2v) is 3.99. The SMILES string of the molecule is CCCCCCC(C)Nc1cnccn1. The maximum absolute atomic E-state index is 4.19. The molecule has 0 spiro atoms.